The number of benzene rings is 1. The number of aromatic nitrogens is 2. The van der Waals surface area contributed by atoms with E-state index in [1.807, 2.05) is 30.3 Å². The Balaban J connectivity index is 1.54. The number of para-hydroxylation sites is 1. The number of hydrogen-bond donors (Lipinski definition) is 2. The Bertz CT molecular complexity index is 886. The minimum atomic E-state index is -0.669. The minimum Gasteiger partial charge on any atom is -0.452 e. The van der Waals surface area contributed by atoms with Crippen LogP contribution in [0, 0.1) is 13.8 Å². The highest BCUT2D eigenvalue weighted by Crippen LogP contribution is 2.19. The van der Waals surface area contributed by atoms with Gasteiger partial charge in [-0.25, -0.2) is 14.3 Å². The van der Waals surface area contributed by atoms with E-state index >= 15 is 0 Å². The Morgan fingerprint density at radius 1 is 1.10 bits per heavy atom. The summed E-state index contributed by atoms with van der Waals surface area (Å²) < 4.78 is 6.76. The lowest BCUT2D eigenvalue weighted by Crippen LogP contribution is -2.46. The molecule has 0 unspecified atom stereocenters. The van der Waals surface area contributed by atoms with Crippen LogP contribution in [0.15, 0.2) is 30.3 Å². The van der Waals surface area contributed by atoms with Crippen molar-refractivity contribution in [1.82, 2.24) is 20.4 Å². The van der Waals surface area contributed by atoms with Crippen LogP contribution >= 0.6 is 0 Å². The van der Waals surface area contributed by atoms with E-state index in [-0.39, 0.29) is 6.04 Å². The second-order valence-electron chi connectivity index (χ2n) is 7.23. The molecule has 8 heteroatoms. The lowest BCUT2D eigenvalue weighted by molar-refractivity contribution is -0.123. The monoisotopic (exact) mass is 398 g/mol. The average Bonchev–Trinajstić information content (AvgIpc) is 3.01. The Hall–Kier alpha value is -3.16. The van der Waals surface area contributed by atoms with E-state index < -0.39 is 24.5 Å². The van der Waals surface area contributed by atoms with Crippen molar-refractivity contribution in [3.63, 3.8) is 0 Å². The largest absolute Gasteiger partial charge is 0.452 e. The van der Waals surface area contributed by atoms with Crippen LogP contribution in [0.25, 0.3) is 5.69 Å². The summed E-state index contributed by atoms with van der Waals surface area (Å²) in [5, 5.41) is 9.38. The number of nitrogens with zero attached hydrogens (tertiary/aromatic N) is 2. The van der Waals surface area contributed by atoms with Gasteiger partial charge in [0.1, 0.15) is 5.56 Å². The van der Waals surface area contributed by atoms with Crippen LogP contribution in [0.3, 0.4) is 0 Å². The van der Waals surface area contributed by atoms with Crippen LogP contribution in [0.5, 0.6) is 0 Å². The van der Waals surface area contributed by atoms with Gasteiger partial charge in [0.2, 0.25) is 0 Å². The molecule has 1 aromatic heterocycles. The number of esters is 1. The van der Waals surface area contributed by atoms with Crippen LogP contribution in [0.1, 0.15) is 53.8 Å². The van der Waals surface area contributed by atoms with Gasteiger partial charge in [-0.05, 0) is 38.8 Å². The number of hydrogen-bond acceptors (Lipinski definition) is 5. The lowest BCUT2D eigenvalue weighted by Gasteiger charge is -2.22. The van der Waals surface area contributed by atoms with Crippen molar-refractivity contribution in [3.8, 4) is 5.69 Å². The molecule has 29 heavy (non-hydrogen) atoms. The molecule has 0 saturated heterocycles. The van der Waals surface area contributed by atoms with Gasteiger partial charge in [0.25, 0.3) is 5.91 Å². The number of carbonyl (C=O) groups is 3. The predicted molar refractivity (Wildman–Crippen MR) is 107 cm³/mol. The van der Waals surface area contributed by atoms with E-state index in [1.165, 1.54) is 6.42 Å². The number of aryl methyl sites for hydroxylation is 1. The molecule has 1 aromatic carbocycles. The normalized spacial score (nSPS) is 14.3. The third kappa shape index (κ3) is 5.22. The van der Waals surface area contributed by atoms with Gasteiger partial charge in [-0.15, -0.1) is 0 Å². The number of rotatable bonds is 5. The van der Waals surface area contributed by atoms with Gasteiger partial charge in [0.05, 0.1) is 17.1 Å². The number of imide groups is 1. The van der Waals surface area contributed by atoms with E-state index in [2.05, 4.69) is 15.7 Å². The Morgan fingerprint density at radius 2 is 1.79 bits per heavy atom. The first-order valence-corrected chi connectivity index (χ1v) is 9.85. The molecule has 0 spiro atoms. The molecular weight excluding hydrogens is 372 g/mol. The average molecular weight is 398 g/mol. The lowest BCUT2D eigenvalue weighted by atomic mass is 9.96. The first-order chi connectivity index (χ1) is 14.0. The molecule has 8 nitrogen and oxygen atoms in total. The Labute approximate surface area is 169 Å². The quantitative estimate of drug-likeness (QED) is 0.754. The summed E-state index contributed by atoms with van der Waals surface area (Å²) in [4.78, 5) is 36.3. The SMILES string of the molecule is Cc1nn(-c2ccccc2)c(C)c1C(=O)OCC(=O)NC(=O)NC1CCCCC1. The number of urea groups is 1. The van der Waals surface area contributed by atoms with Gasteiger partial charge in [-0.1, -0.05) is 37.5 Å². The third-order valence-corrected chi connectivity index (χ3v) is 5.02. The van der Waals surface area contributed by atoms with Crippen molar-refractivity contribution in [3.05, 3.63) is 47.3 Å². The van der Waals surface area contributed by atoms with Crippen molar-refractivity contribution in [2.24, 2.45) is 0 Å². The second kappa shape index (κ2) is 9.36. The fraction of sp³-hybridized carbons (Fsp3) is 0.429. The molecule has 2 N–H and O–H groups in total. The van der Waals surface area contributed by atoms with E-state index in [9.17, 15) is 14.4 Å². The number of ether oxygens (including phenoxy) is 1. The van der Waals surface area contributed by atoms with Crippen LogP contribution < -0.4 is 10.6 Å². The molecular formula is C21H26N4O4. The number of amides is 3. The molecule has 1 aliphatic carbocycles. The molecule has 1 heterocycles. The Morgan fingerprint density at radius 3 is 2.48 bits per heavy atom. The fourth-order valence-corrected chi connectivity index (χ4v) is 3.59. The molecule has 0 radical (unpaired) electrons. The van der Waals surface area contributed by atoms with E-state index in [4.69, 9.17) is 4.74 Å². The van der Waals surface area contributed by atoms with Crippen LogP contribution in [-0.2, 0) is 9.53 Å². The molecule has 2 aromatic rings. The summed E-state index contributed by atoms with van der Waals surface area (Å²) in [6.45, 7) is 2.94. The van der Waals surface area contributed by atoms with E-state index in [0.717, 1.165) is 31.4 Å². The summed E-state index contributed by atoms with van der Waals surface area (Å²) in [6.07, 6.45) is 5.16. The summed E-state index contributed by atoms with van der Waals surface area (Å²) in [6, 6.07) is 8.96. The third-order valence-electron chi connectivity index (χ3n) is 5.02. The van der Waals surface area contributed by atoms with Crippen molar-refractivity contribution in [2.45, 2.75) is 52.0 Å². The van der Waals surface area contributed by atoms with Crippen molar-refractivity contribution in [1.29, 1.82) is 0 Å². The maximum absolute atomic E-state index is 12.5. The first kappa shape index (κ1) is 20.6. The zero-order valence-corrected chi connectivity index (χ0v) is 16.7. The highest BCUT2D eigenvalue weighted by molar-refractivity contribution is 5.97. The highest BCUT2D eigenvalue weighted by atomic mass is 16.5. The topological polar surface area (TPSA) is 102 Å². The van der Waals surface area contributed by atoms with Crippen LogP contribution in [0.2, 0.25) is 0 Å². The van der Waals surface area contributed by atoms with E-state index in [0.29, 0.717) is 17.0 Å². The highest BCUT2D eigenvalue weighted by Gasteiger charge is 2.22. The van der Waals surface area contributed by atoms with Gasteiger partial charge in [-0.2, -0.15) is 5.10 Å². The molecule has 0 atom stereocenters. The molecule has 1 saturated carbocycles. The van der Waals surface area contributed by atoms with E-state index in [1.54, 1.807) is 18.5 Å². The molecule has 0 aliphatic heterocycles. The maximum Gasteiger partial charge on any atom is 0.342 e. The van der Waals surface area contributed by atoms with Crippen molar-refractivity contribution < 1.29 is 19.1 Å². The maximum atomic E-state index is 12.5. The number of carbonyl (C=O) groups excluding carboxylic acids is 3. The van der Waals surface area contributed by atoms with Crippen molar-refractivity contribution in [2.75, 3.05) is 6.61 Å². The fourth-order valence-electron chi connectivity index (χ4n) is 3.59. The molecule has 1 aliphatic rings. The molecule has 154 valence electrons. The second-order valence-corrected chi connectivity index (χ2v) is 7.23. The van der Waals surface area contributed by atoms with Gasteiger partial charge < -0.3 is 10.1 Å². The first-order valence-electron chi connectivity index (χ1n) is 9.85. The smallest absolute Gasteiger partial charge is 0.342 e. The standard InChI is InChI=1S/C21H26N4O4/c1-14-19(15(2)25(24-14)17-11-7-4-8-12-17)20(27)29-13-18(26)23-21(28)22-16-9-5-3-6-10-16/h4,7-8,11-12,16H,3,5-6,9-10,13H2,1-2H3,(H2,22,23,26,28). The Kier molecular flexibility index (Phi) is 6.64. The molecule has 3 amide bonds. The summed E-state index contributed by atoms with van der Waals surface area (Å²) >= 11 is 0. The summed E-state index contributed by atoms with van der Waals surface area (Å²) in [5.41, 5.74) is 2.26. The zero-order chi connectivity index (χ0) is 20.8. The molecule has 1 fully saturated rings. The molecule has 0 bridgehead atoms. The van der Waals surface area contributed by atoms with Gasteiger partial charge in [0, 0.05) is 6.04 Å². The minimum absolute atomic E-state index is 0.0909. The molecule has 3 rings (SSSR count). The van der Waals surface area contributed by atoms with Gasteiger partial charge in [-0.3, -0.25) is 10.1 Å². The van der Waals surface area contributed by atoms with Gasteiger partial charge >= 0.3 is 12.0 Å². The van der Waals surface area contributed by atoms with Crippen LogP contribution in [0.4, 0.5) is 4.79 Å². The summed E-state index contributed by atoms with van der Waals surface area (Å²) in [7, 11) is 0. The van der Waals surface area contributed by atoms with Crippen molar-refractivity contribution >= 4 is 17.9 Å². The van der Waals surface area contributed by atoms with Crippen LogP contribution in [-0.4, -0.2) is 40.3 Å². The summed E-state index contributed by atoms with van der Waals surface area (Å²) in [5.74, 6) is -1.32. The number of nitrogens with one attached hydrogen (secondary N) is 2. The van der Waals surface area contributed by atoms with Gasteiger partial charge in [0.15, 0.2) is 6.61 Å². The zero-order valence-electron chi connectivity index (χ0n) is 16.7. The predicted octanol–water partition coefficient (Wildman–Crippen LogP) is 2.80.